The molecule has 1 atom stereocenters. The van der Waals surface area contributed by atoms with Gasteiger partial charge in [0.15, 0.2) is 11.5 Å². The number of methoxy groups -OCH3 is 2. The number of hydrogen-bond acceptors (Lipinski definition) is 8. The molecule has 1 amide bonds. The van der Waals surface area contributed by atoms with Crippen molar-refractivity contribution in [1.29, 1.82) is 0 Å². The van der Waals surface area contributed by atoms with Crippen LogP contribution in [0.3, 0.4) is 0 Å². The molecular formula is C19H25N5O4. The summed E-state index contributed by atoms with van der Waals surface area (Å²) in [5, 5.41) is -0.431. The topological polar surface area (TPSA) is 103 Å². The second-order valence-corrected chi connectivity index (χ2v) is 6.09. The molecule has 2 saturated heterocycles. The Balaban J connectivity index is 1.85. The van der Waals surface area contributed by atoms with Crippen molar-refractivity contribution in [3.05, 3.63) is 12.1 Å². The lowest BCUT2D eigenvalue weighted by atomic mass is 10.2. The molecule has 0 aliphatic carbocycles. The van der Waals surface area contributed by atoms with Gasteiger partial charge in [0.1, 0.15) is 11.9 Å². The van der Waals surface area contributed by atoms with Crippen LogP contribution in [0.15, 0.2) is 12.1 Å². The first-order valence-corrected chi connectivity index (χ1v) is 8.41. The minimum atomic E-state index is -3.20. The van der Waals surface area contributed by atoms with Gasteiger partial charge in [-0.15, -0.1) is 0 Å². The number of amides is 1. The highest BCUT2D eigenvalue weighted by molar-refractivity contribution is 5.91. The Morgan fingerprint density at radius 1 is 1.32 bits per heavy atom. The molecule has 0 bridgehead atoms. The Morgan fingerprint density at radius 3 is 2.75 bits per heavy atom. The molecule has 2 aromatic rings. The molecule has 2 aliphatic rings. The van der Waals surface area contributed by atoms with Gasteiger partial charge in [0, 0.05) is 44.1 Å². The molecule has 28 heavy (non-hydrogen) atoms. The van der Waals surface area contributed by atoms with Gasteiger partial charge in [0.25, 0.3) is 5.91 Å². The number of nitrogens with two attached hydrogens (primary N) is 1. The number of carbonyl (C=O) groups excluding carboxylic acids is 1. The van der Waals surface area contributed by atoms with E-state index in [1.54, 1.807) is 0 Å². The molecular weight excluding hydrogens is 362 g/mol. The molecule has 9 heteroatoms. The van der Waals surface area contributed by atoms with Crippen LogP contribution in [0.25, 0.3) is 10.9 Å². The second kappa shape index (κ2) is 7.67. The first kappa shape index (κ1) is 9.13. The summed E-state index contributed by atoms with van der Waals surface area (Å²) in [6.45, 7) is -6.04. The van der Waals surface area contributed by atoms with E-state index in [9.17, 15) is 4.79 Å². The molecule has 150 valence electrons. The van der Waals surface area contributed by atoms with Gasteiger partial charge in [-0.05, 0) is 18.9 Å². The molecule has 1 aromatic heterocycles. The molecule has 0 spiro atoms. The number of ether oxygens (including phenoxy) is 3. The molecule has 2 N–H and O–H groups in total. The predicted molar refractivity (Wildman–Crippen MR) is 105 cm³/mol. The van der Waals surface area contributed by atoms with Crippen molar-refractivity contribution in [2.45, 2.75) is 18.9 Å². The number of anilines is 2. The highest BCUT2D eigenvalue weighted by atomic mass is 16.5. The zero-order valence-electron chi connectivity index (χ0n) is 26.6. The van der Waals surface area contributed by atoms with E-state index in [0.717, 1.165) is 4.90 Å². The van der Waals surface area contributed by atoms with Crippen molar-refractivity contribution >= 4 is 28.6 Å². The standard InChI is InChI=1S/C19H25N5O4/c1-26-15-10-12-13(11-16(15)27-2)21-19(22-17(12)20)24-7-5-23(6-8-24)18(25)14-4-3-9-28-14/h10-11,14H,3-9H2,1-2H3,(H2,20,21,22)/i1D3,2D3,7D2,8D2,10D,11D. The number of benzene rings is 1. The summed E-state index contributed by atoms with van der Waals surface area (Å²) in [6.07, 6.45) is 0.251. The first-order valence-electron chi connectivity index (χ1n) is 14.4. The van der Waals surface area contributed by atoms with Gasteiger partial charge >= 0.3 is 0 Å². The van der Waals surface area contributed by atoms with Crippen LogP contribution in [-0.4, -0.2) is 73.6 Å². The Hall–Kier alpha value is -2.81. The third kappa shape index (κ3) is 3.37. The number of nitrogens with zero attached hydrogens (tertiary/aromatic N) is 4. The average molecular weight is 400 g/mol. The maximum absolute atomic E-state index is 12.9. The van der Waals surface area contributed by atoms with E-state index in [1.165, 1.54) is 0 Å². The molecule has 3 heterocycles. The lowest BCUT2D eigenvalue weighted by Crippen LogP contribution is -2.51. The fourth-order valence-electron chi connectivity index (χ4n) is 2.96. The number of piperazine rings is 1. The maximum atomic E-state index is 12.9. The molecule has 1 unspecified atom stereocenters. The third-order valence-electron chi connectivity index (χ3n) is 4.36. The van der Waals surface area contributed by atoms with Gasteiger partial charge in [-0.2, -0.15) is 4.98 Å². The van der Waals surface area contributed by atoms with E-state index in [4.69, 9.17) is 36.4 Å². The van der Waals surface area contributed by atoms with Gasteiger partial charge in [-0.25, -0.2) is 4.98 Å². The summed E-state index contributed by atoms with van der Waals surface area (Å²) in [6, 6.07) is -1.69. The Bertz CT molecular complexity index is 1310. The second-order valence-electron chi connectivity index (χ2n) is 6.09. The summed E-state index contributed by atoms with van der Waals surface area (Å²) < 4.78 is 110. The van der Waals surface area contributed by atoms with Crippen LogP contribution >= 0.6 is 0 Å². The van der Waals surface area contributed by atoms with Crippen LogP contribution in [-0.2, 0) is 9.53 Å². The van der Waals surface area contributed by atoms with E-state index >= 15 is 0 Å². The summed E-state index contributed by atoms with van der Waals surface area (Å²) in [5.74, 6) is -3.69. The minimum Gasteiger partial charge on any atom is -0.493 e. The largest absolute Gasteiger partial charge is 0.493 e. The summed E-state index contributed by atoms with van der Waals surface area (Å²) in [4.78, 5) is 22.4. The van der Waals surface area contributed by atoms with Crippen LogP contribution in [0.2, 0.25) is 0 Å². The van der Waals surface area contributed by atoms with Crippen LogP contribution in [0, 0.1) is 0 Å². The minimum absolute atomic E-state index is 0.362. The van der Waals surface area contributed by atoms with E-state index in [-0.39, 0.29) is 0 Å². The number of hydrogen-bond donors (Lipinski definition) is 1. The SMILES string of the molecule is [2H]c1c(OC([2H])([2H])[2H])c(OC([2H])([2H])[2H])c([2H])c2c(N)nc(N3C([2H])([2H])CN(C(=O)C4CCCO4)CC3([2H])[2H])nc12. The zero-order valence-corrected chi connectivity index (χ0v) is 14.6. The molecule has 0 saturated carbocycles. The Kier molecular flexibility index (Phi) is 2.50. The van der Waals surface area contributed by atoms with Gasteiger partial charge in [-0.3, -0.25) is 4.79 Å². The van der Waals surface area contributed by atoms with Crippen molar-refractivity contribution in [2.75, 3.05) is 57.4 Å². The number of fused-ring (bicyclic) bond motifs is 1. The van der Waals surface area contributed by atoms with Gasteiger partial charge in [0.05, 0.1) is 36.0 Å². The number of carbonyl (C=O) groups is 1. The zero-order chi connectivity index (χ0) is 30.0. The van der Waals surface area contributed by atoms with E-state index < -0.39 is 98.4 Å². The molecule has 1 aromatic carbocycles. The van der Waals surface area contributed by atoms with Crippen LogP contribution in [0.1, 0.15) is 29.3 Å². The summed E-state index contributed by atoms with van der Waals surface area (Å²) in [7, 11) is -6.38. The molecule has 2 fully saturated rings. The van der Waals surface area contributed by atoms with Crippen LogP contribution in [0.5, 0.6) is 11.5 Å². The maximum Gasteiger partial charge on any atom is 0.251 e. The predicted octanol–water partition coefficient (Wildman–Crippen LogP) is 1.06. The fourth-order valence-corrected chi connectivity index (χ4v) is 2.96. The quantitative estimate of drug-likeness (QED) is 0.814. The van der Waals surface area contributed by atoms with Gasteiger partial charge < -0.3 is 29.7 Å². The average Bonchev–Trinajstić information content (AvgIpc) is 3.30. The van der Waals surface area contributed by atoms with Crippen LogP contribution in [0.4, 0.5) is 11.8 Å². The highest BCUT2D eigenvalue weighted by Gasteiger charge is 2.31. The van der Waals surface area contributed by atoms with Crippen molar-refractivity contribution in [3.63, 3.8) is 0 Å². The van der Waals surface area contributed by atoms with Crippen molar-refractivity contribution in [1.82, 2.24) is 14.9 Å². The van der Waals surface area contributed by atoms with E-state index in [1.807, 2.05) is 0 Å². The lowest BCUT2D eigenvalue weighted by Gasteiger charge is -2.35. The first-order chi connectivity index (χ1) is 18.2. The Labute approximate surface area is 180 Å². The van der Waals surface area contributed by atoms with Crippen molar-refractivity contribution in [3.8, 4) is 11.5 Å². The smallest absolute Gasteiger partial charge is 0.251 e. The Morgan fingerprint density at radius 2 is 2.07 bits per heavy atom. The summed E-state index contributed by atoms with van der Waals surface area (Å²) in [5.41, 5.74) is 5.48. The van der Waals surface area contributed by atoms with Crippen molar-refractivity contribution in [2.24, 2.45) is 0 Å². The van der Waals surface area contributed by atoms with Gasteiger partial charge in [-0.1, -0.05) is 0 Å². The molecule has 2 aliphatic heterocycles. The van der Waals surface area contributed by atoms with Crippen molar-refractivity contribution < 1.29 is 35.5 Å². The monoisotopic (exact) mass is 399 g/mol. The molecule has 4 rings (SSSR count). The summed E-state index contributed by atoms with van der Waals surface area (Å²) >= 11 is 0. The number of rotatable bonds is 4. The van der Waals surface area contributed by atoms with Crippen LogP contribution < -0.4 is 20.1 Å². The highest BCUT2D eigenvalue weighted by Crippen LogP contribution is 2.34. The van der Waals surface area contributed by atoms with E-state index in [0.29, 0.717) is 24.3 Å². The fraction of sp³-hybridized carbons (Fsp3) is 0.526. The molecule has 0 radical (unpaired) electrons. The van der Waals surface area contributed by atoms with Gasteiger partial charge in [0.2, 0.25) is 5.95 Å². The lowest BCUT2D eigenvalue weighted by molar-refractivity contribution is -0.141. The number of aromatic nitrogens is 2. The molecule has 9 nitrogen and oxygen atoms in total. The third-order valence-corrected chi connectivity index (χ3v) is 4.36. The van der Waals surface area contributed by atoms with E-state index in [2.05, 4.69) is 9.97 Å². The number of nitrogen functional groups attached to an aromatic ring is 1. The normalized spacial score (nSPS) is 30.6.